The van der Waals surface area contributed by atoms with Crippen molar-refractivity contribution in [1.82, 2.24) is 10.6 Å². The summed E-state index contributed by atoms with van der Waals surface area (Å²) in [4.78, 5) is 11.9. The number of aryl methyl sites for hydroxylation is 1. The Balaban J connectivity index is 1.67. The number of rotatable bonds is 8. The quantitative estimate of drug-likeness (QED) is 0.716. The lowest BCUT2D eigenvalue weighted by Crippen LogP contribution is -2.46. The fourth-order valence-electron chi connectivity index (χ4n) is 2.88. The number of carbonyl (C=O) groups is 1. The summed E-state index contributed by atoms with van der Waals surface area (Å²) in [5.41, 5.74) is 1.16. The third-order valence-electron chi connectivity index (χ3n) is 4.26. The van der Waals surface area contributed by atoms with E-state index in [1.54, 1.807) is 14.2 Å². The van der Waals surface area contributed by atoms with E-state index in [2.05, 4.69) is 10.6 Å². The van der Waals surface area contributed by atoms with Crippen LogP contribution in [-0.4, -0.2) is 45.5 Å². The Hall–Kier alpha value is -1.95. The van der Waals surface area contributed by atoms with Crippen molar-refractivity contribution in [2.75, 3.05) is 27.4 Å². The Kier molecular flexibility index (Phi) is 7.18. The van der Waals surface area contributed by atoms with Crippen LogP contribution < -0.4 is 20.1 Å². The Morgan fingerprint density at radius 3 is 2.79 bits per heavy atom. The number of carbonyl (C=O) groups excluding carboxylic acids is 1. The third-order valence-corrected chi connectivity index (χ3v) is 4.26. The second-order valence-corrected chi connectivity index (χ2v) is 6.03. The van der Waals surface area contributed by atoms with Crippen molar-refractivity contribution in [2.45, 2.75) is 44.8 Å². The average molecular weight is 336 g/mol. The van der Waals surface area contributed by atoms with E-state index in [9.17, 15) is 4.79 Å². The molecule has 1 saturated heterocycles. The lowest BCUT2D eigenvalue weighted by Gasteiger charge is -2.20. The molecule has 6 nitrogen and oxygen atoms in total. The molecule has 2 rings (SSSR count). The van der Waals surface area contributed by atoms with Crippen LogP contribution in [0.1, 0.15) is 31.7 Å². The molecule has 0 saturated carbocycles. The van der Waals surface area contributed by atoms with E-state index in [1.165, 1.54) is 0 Å². The van der Waals surface area contributed by atoms with Gasteiger partial charge < -0.3 is 24.8 Å². The molecule has 1 heterocycles. The van der Waals surface area contributed by atoms with Gasteiger partial charge in [-0.1, -0.05) is 6.07 Å². The summed E-state index contributed by atoms with van der Waals surface area (Å²) in [5.74, 6) is 1.45. The smallest absolute Gasteiger partial charge is 0.315 e. The van der Waals surface area contributed by atoms with E-state index in [1.807, 2.05) is 25.1 Å². The van der Waals surface area contributed by atoms with Crippen molar-refractivity contribution in [3.63, 3.8) is 0 Å². The molecule has 2 amide bonds. The highest BCUT2D eigenvalue weighted by molar-refractivity contribution is 5.74. The molecule has 0 aliphatic carbocycles. The van der Waals surface area contributed by atoms with Crippen LogP contribution in [0, 0.1) is 0 Å². The Labute approximate surface area is 143 Å². The van der Waals surface area contributed by atoms with E-state index >= 15 is 0 Å². The minimum atomic E-state index is -0.134. The van der Waals surface area contributed by atoms with E-state index in [4.69, 9.17) is 14.2 Å². The summed E-state index contributed by atoms with van der Waals surface area (Å²) >= 11 is 0. The molecule has 24 heavy (non-hydrogen) atoms. The van der Waals surface area contributed by atoms with Gasteiger partial charge in [-0.05, 0) is 50.3 Å². The van der Waals surface area contributed by atoms with Gasteiger partial charge in [0.25, 0.3) is 0 Å². The monoisotopic (exact) mass is 336 g/mol. The number of benzene rings is 1. The first-order valence-corrected chi connectivity index (χ1v) is 8.51. The molecule has 2 N–H and O–H groups in total. The van der Waals surface area contributed by atoms with Crippen molar-refractivity contribution in [1.29, 1.82) is 0 Å². The summed E-state index contributed by atoms with van der Waals surface area (Å²) < 4.78 is 16.1. The van der Waals surface area contributed by atoms with Gasteiger partial charge in [-0.25, -0.2) is 4.79 Å². The van der Waals surface area contributed by atoms with E-state index in [0.717, 1.165) is 49.4 Å². The van der Waals surface area contributed by atoms with Gasteiger partial charge in [-0.2, -0.15) is 0 Å². The van der Waals surface area contributed by atoms with Crippen LogP contribution in [0.5, 0.6) is 11.5 Å². The Morgan fingerprint density at radius 2 is 2.12 bits per heavy atom. The van der Waals surface area contributed by atoms with Gasteiger partial charge in [-0.3, -0.25) is 0 Å². The minimum Gasteiger partial charge on any atom is -0.493 e. The number of methoxy groups -OCH3 is 2. The molecule has 1 aliphatic rings. The normalized spacial score (nSPS) is 18.0. The van der Waals surface area contributed by atoms with Crippen LogP contribution in [0.3, 0.4) is 0 Å². The zero-order valence-electron chi connectivity index (χ0n) is 14.8. The molecule has 1 aromatic rings. The van der Waals surface area contributed by atoms with Crippen LogP contribution >= 0.6 is 0 Å². The van der Waals surface area contributed by atoms with E-state index < -0.39 is 0 Å². The largest absolute Gasteiger partial charge is 0.493 e. The molecule has 0 aromatic heterocycles. The number of hydrogen-bond acceptors (Lipinski definition) is 4. The topological polar surface area (TPSA) is 68.8 Å². The average Bonchev–Trinajstić information content (AvgIpc) is 3.13. The predicted molar refractivity (Wildman–Crippen MR) is 92.8 cm³/mol. The molecule has 2 unspecified atom stereocenters. The van der Waals surface area contributed by atoms with Crippen molar-refractivity contribution in [3.05, 3.63) is 23.8 Å². The summed E-state index contributed by atoms with van der Waals surface area (Å²) in [5, 5.41) is 5.84. The van der Waals surface area contributed by atoms with Gasteiger partial charge in [0.15, 0.2) is 11.5 Å². The van der Waals surface area contributed by atoms with Gasteiger partial charge in [-0.15, -0.1) is 0 Å². The summed E-state index contributed by atoms with van der Waals surface area (Å²) in [7, 11) is 3.25. The predicted octanol–water partition coefficient (Wildman–Crippen LogP) is 2.50. The molecule has 0 radical (unpaired) electrons. The first kappa shape index (κ1) is 18.4. The van der Waals surface area contributed by atoms with Crippen molar-refractivity contribution < 1.29 is 19.0 Å². The van der Waals surface area contributed by atoms with E-state index in [0.29, 0.717) is 6.54 Å². The third kappa shape index (κ3) is 5.30. The van der Waals surface area contributed by atoms with Crippen LogP contribution in [0.2, 0.25) is 0 Å². The second kappa shape index (κ2) is 9.37. The van der Waals surface area contributed by atoms with Crippen molar-refractivity contribution in [3.8, 4) is 11.5 Å². The molecule has 134 valence electrons. The highest BCUT2D eigenvalue weighted by Crippen LogP contribution is 2.27. The highest BCUT2D eigenvalue weighted by atomic mass is 16.5. The maximum atomic E-state index is 11.9. The fourth-order valence-corrected chi connectivity index (χ4v) is 2.88. The van der Waals surface area contributed by atoms with Crippen molar-refractivity contribution >= 4 is 6.03 Å². The first-order valence-electron chi connectivity index (χ1n) is 8.51. The second-order valence-electron chi connectivity index (χ2n) is 6.03. The highest BCUT2D eigenvalue weighted by Gasteiger charge is 2.23. The molecule has 1 aromatic carbocycles. The Bertz CT molecular complexity index is 530. The van der Waals surface area contributed by atoms with Crippen molar-refractivity contribution in [2.24, 2.45) is 0 Å². The molecule has 0 spiro atoms. The van der Waals surface area contributed by atoms with Crippen LogP contribution in [0.15, 0.2) is 18.2 Å². The molecule has 2 atom stereocenters. The molecule has 6 heteroatoms. The lowest BCUT2D eigenvalue weighted by atomic mass is 10.1. The summed E-state index contributed by atoms with van der Waals surface area (Å²) in [6, 6.07) is 5.79. The number of hydrogen-bond donors (Lipinski definition) is 2. The zero-order chi connectivity index (χ0) is 17.4. The minimum absolute atomic E-state index is 0.0401. The van der Waals surface area contributed by atoms with Crippen LogP contribution in [-0.2, 0) is 11.2 Å². The van der Waals surface area contributed by atoms with Gasteiger partial charge >= 0.3 is 6.03 Å². The summed E-state index contributed by atoms with van der Waals surface area (Å²) in [6.07, 6.45) is 3.95. The van der Waals surface area contributed by atoms with Gasteiger partial charge in [0.1, 0.15) is 0 Å². The van der Waals surface area contributed by atoms with Gasteiger partial charge in [0.2, 0.25) is 0 Å². The fraction of sp³-hybridized carbons (Fsp3) is 0.611. The Morgan fingerprint density at radius 1 is 1.33 bits per heavy atom. The maximum absolute atomic E-state index is 11.9. The van der Waals surface area contributed by atoms with Crippen LogP contribution in [0.4, 0.5) is 4.79 Å². The molecule has 1 aliphatic heterocycles. The first-order chi connectivity index (χ1) is 11.6. The number of nitrogens with one attached hydrogen (secondary N) is 2. The molecule has 1 fully saturated rings. The maximum Gasteiger partial charge on any atom is 0.315 e. The molecular weight excluding hydrogens is 308 g/mol. The van der Waals surface area contributed by atoms with E-state index in [-0.39, 0.29) is 18.2 Å². The number of ether oxygens (including phenoxy) is 3. The zero-order valence-corrected chi connectivity index (χ0v) is 14.8. The van der Waals surface area contributed by atoms with Crippen LogP contribution in [0.25, 0.3) is 0 Å². The van der Waals surface area contributed by atoms with Gasteiger partial charge in [0, 0.05) is 13.2 Å². The van der Waals surface area contributed by atoms with Gasteiger partial charge in [0.05, 0.1) is 26.4 Å². The molecular formula is C18H28N2O4. The SMILES string of the molecule is COc1ccc(CCCNC(=O)NC(C)C2CCCO2)cc1OC. The lowest BCUT2D eigenvalue weighted by molar-refractivity contribution is 0.0860. The summed E-state index contributed by atoms with van der Waals surface area (Å²) in [6.45, 7) is 3.40. The standard InChI is InChI=1S/C18H28N2O4/c1-13(15-7-5-11-24-15)20-18(21)19-10-4-6-14-8-9-16(22-2)17(12-14)23-3/h8-9,12-13,15H,4-7,10-11H2,1-3H3,(H2,19,20,21). The molecule has 0 bridgehead atoms. The number of urea groups is 1. The number of amides is 2.